The molecule has 0 aromatic rings. The van der Waals surface area contributed by atoms with Gasteiger partial charge in [-0.2, -0.15) is 0 Å². The van der Waals surface area contributed by atoms with E-state index in [2.05, 4.69) is 13.8 Å². The summed E-state index contributed by atoms with van der Waals surface area (Å²) in [5.74, 6) is -0.158. The van der Waals surface area contributed by atoms with Crippen LogP contribution in [0.25, 0.3) is 0 Å². The van der Waals surface area contributed by atoms with Crippen molar-refractivity contribution in [2.75, 3.05) is 18.5 Å². The van der Waals surface area contributed by atoms with Gasteiger partial charge in [-0.05, 0) is 18.5 Å². The van der Waals surface area contributed by atoms with Crippen molar-refractivity contribution in [1.29, 1.82) is 0 Å². The summed E-state index contributed by atoms with van der Waals surface area (Å²) >= 11 is 0. The molecule has 0 fully saturated rings. The molecule has 0 bridgehead atoms. The van der Waals surface area contributed by atoms with E-state index >= 15 is 0 Å². The Bertz CT molecular complexity index is 102. The van der Waals surface area contributed by atoms with Crippen molar-refractivity contribution in [3.8, 4) is 0 Å². The molecular formula is C7H16NOP. The number of hydrogen-bond donors (Lipinski definition) is 1. The molecule has 3 heteroatoms. The van der Waals surface area contributed by atoms with Gasteiger partial charge in [-0.1, -0.05) is 13.8 Å². The van der Waals surface area contributed by atoms with Crippen molar-refractivity contribution in [2.24, 2.45) is 5.73 Å². The monoisotopic (exact) mass is 161 g/mol. The quantitative estimate of drug-likeness (QED) is 0.608. The second kappa shape index (κ2) is 5.67. The van der Waals surface area contributed by atoms with E-state index in [1.807, 2.05) is 0 Å². The van der Waals surface area contributed by atoms with Gasteiger partial charge >= 0.3 is 0 Å². The van der Waals surface area contributed by atoms with Crippen LogP contribution in [0.1, 0.15) is 20.3 Å². The van der Waals surface area contributed by atoms with Crippen LogP contribution in [0.4, 0.5) is 0 Å². The van der Waals surface area contributed by atoms with Crippen molar-refractivity contribution in [2.45, 2.75) is 20.3 Å². The fourth-order valence-electron chi connectivity index (χ4n) is 0.808. The average Bonchev–Trinajstić information content (AvgIpc) is 1.90. The number of carbonyl (C=O) groups excluding carboxylic acids is 1. The number of primary amides is 1. The van der Waals surface area contributed by atoms with E-state index in [0.717, 1.165) is 6.16 Å². The Morgan fingerprint density at radius 1 is 1.40 bits per heavy atom. The summed E-state index contributed by atoms with van der Waals surface area (Å²) < 4.78 is 0. The maximum atomic E-state index is 10.4. The molecule has 0 spiro atoms. The molecule has 0 saturated heterocycles. The number of hydrogen-bond acceptors (Lipinski definition) is 1. The molecule has 0 unspecified atom stereocenters. The molecule has 0 aliphatic rings. The molecule has 0 aliphatic carbocycles. The zero-order valence-electron chi connectivity index (χ0n) is 6.76. The highest BCUT2D eigenvalue weighted by Crippen LogP contribution is 2.34. The Kier molecular flexibility index (Phi) is 5.61. The van der Waals surface area contributed by atoms with E-state index < -0.39 is 0 Å². The molecule has 0 heterocycles. The Labute approximate surface area is 63.9 Å². The third kappa shape index (κ3) is 4.75. The highest BCUT2D eigenvalue weighted by atomic mass is 31.1. The van der Waals surface area contributed by atoms with Gasteiger partial charge in [0.15, 0.2) is 0 Å². The summed E-state index contributed by atoms with van der Waals surface area (Å²) in [5.41, 5.74) is 5.02. The lowest BCUT2D eigenvalue weighted by Crippen LogP contribution is -2.12. The first-order valence-electron chi connectivity index (χ1n) is 3.71. The standard InChI is InChI=1S/C7H16NOP/c1-3-10(4-2)6-5-7(8)9/h3-6H2,1-2H3,(H2,8,9). The normalized spacial score (nSPS) is 10.3. The Morgan fingerprint density at radius 3 is 2.20 bits per heavy atom. The van der Waals surface area contributed by atoms with Gasteiger partial charge in [0, 0.05) is 6.42 Å². The van der Waals surface area contributed by atoms with Crippen LogP contribution in [0.5, 0.6) is 0 Å². The van der Waals surface area contributed by atoms with Crippen molar-refractivity contribution in [3.63, 3.8) is 0 Å². The SMILES string of the molecule is CCP(CC)CCC(N)=O. The predicted molar refractivity (Wildman–Crippen MR) is 46.7 cm³/mol. The molecule has 2 nitrogen and oxygen atoms in total. The highest BCUT2D eigenvalue weighted by Gasteiger charge is 2.03. The lowest BCUT2D eigenvalue weighted by atomic mass is 10.5. The van der Waals surface area contributed by atoms with Crippen LogP contribution in [-0.4, -0.2) is 24.4 Å². The topological polar surface area (TPSA) is 43.1 Å². The second-order valence-electron chi connectivity index (χ2n) is 2.24. The van der Waals surface area contributed by atoms with E-state index in [1.54, 1.807) is 0 Å². The summed E-state index contributed by atoms with van der Waals surface area (Å²) in [6.45, 7) is 4.35. The molecule has 0 aliphatic heterocycles. The van der Waals surface area contributed by atoms with Crippen molar-refractivity contribution < 1.29 is 4.79 Å². The molecule has 0 atom stereocenters. The van der Waals surface area contributed by atoms with Gasteiger partial charge < -0.3 is 5.73 Å². The van der Waals surface area contributed by atoms with Crippen LogP contribution in [0, 0.1) is 0 Å². The van der Waals surface area contributed by atoms with Gasteiger partial charge in [0.1, 0.15) is 0 Å². The number of amides is 1. The summed E-state index contributed by atoms with van der Waals surface area (Å²) in [7, 11) is 0.110. The van der Waals surface area contributed by atoms with Gasteiger partial charge in [0.25, 0.3) is 0 Å². The Balaban J connectivity index is 3.34. The van der Waals surface area contributed by atoms with Crippen molar-refractivity contribution in [3.05, 3.63) is 0 Å². The Morgan fingerprint density at radius 2 is 1.90 bits per heavy atom. The van der Waals surface area contributed by atoms with E-state index in [9.17, 15) is 4.79 Å². The number of carbonyl (C=O) groups is 1. The average molecular weight is 161 g/mol. The van der Waals surface area contributed by atoms with Crippen molar-refractivity contribution >= 4 is 13.8 Å². The number of rotatable bonds is 5. The van der Waals surface area contributed by atoms with Crippen LogP contribution in [0.3, 0.4) is 0 Å². The van der Waals surface area contributed by atoms with E-state index in [1.165, 1.54) is 12.3 Å². The van der Waals surface area contributed by atoms with Crippen LogP contribution < -0.4 is 5.73 Å². The van der Waals surface area contributed by atoms with E-state index in [4.69, 9.17) is 5.73 Å². The van der Waals surface area contributed by atoms with Gasteiger partial charge in [0.05, 0.1) is 0 Å². The molecule has 0 aromatic heterocycles. The molecule has 0 aromatic carbocycles. The lowest BCUT2D eigenvalue weighted by molar-refractivity contribution is -0.117. The number of nitrogens with two attached hydrogens (primary N) is 1. The smallest absolute Gasteiger partial charge is 0.217 e. The molecule has 0 rings (SSSR count). The van der Waals surface area contributed by atoms with Crippen LogP contribution >= 0.6 is 7.92 Å². The fraction of sp³-hybridized carbons (Fsp3) is 0.857. The van der Waals surface area contributed by atoms with Gasteiger partial charge in [-0.15, -0.1) is 7.92 Å². The first kappa shape index (κ1) is 9.90. The van der Waals surface area contributed by atoms with Crippen LogP contribution in [0.15, 0.2) is 0 Å². The minimum Gasteiger partial charge on any atom is -0.370 e. The largest absolute Gasteiger partial charge is 0.370 e. The zero-order chi connectivity index (χ0) is 7.98. The third-order valence-electron chi connectivity index (χ3n) is 1.57. The molecule has 0 radical (unpaired) electrons. The summed E-state index contributed by atoms with van der Waals surface area (Å²) in [6.07, 6.45) is 4.04. The molecule has 0 saturated carbocycles. The van der Waals surface area contributed by atoms with Gasteiger partial charge in [-0.3, -0.25) is 4.79 Å². The predicted octanol–water partition coefficient (Wildman–Crippen LogP) is 1.38. The molecule has 2 N–H and O–H groups in total. The minimum atomic E-state index is -0.158. The first-order valence-corrected chi connectivity index (χ1v) is 5.61. The maximum Gasteiger partial charge on any atom is 0.217 e. The fourth-order valence-corrected chi connectivity index (χ4v) is 2.42. The van der Waals surface area contributed by atoms with Crippen molar-refractivity contribution in [1.82, 2.24) is 0 Å². The second-order valence-corrected chi connectivity index (χ2v) is 5.30. The molecular weight excluding hydrogens is 145 g/mol. The van der Waals surface area contributed by atoms with E-state index in [0.29, 0.717) is 6.42 Å². The van der Waals surface area contributed by atoms with Gasteiger partial charge in [0.2, 0.25) is 5.91 Å². The van der Waals surface area contributed by atoms with E-state index in [-0.39, 0.29) is 13.8 Å². The lowest BCUT2D eigenvalue weighted by Gasteiger charge is -2.10. The highest BCUT2D eigenvalue weighted by molar-refractivity contribution is 7.57. The third-order valence-corrected chi connectivity index (χ3v) is 4.21. The minimum absolute atomic E-state index is 0.110. The molecule has 1 amide bonds. The van der Waals surface area contributed by atoms with Crippen LogP contribution in [0.2, 0.25) is 0 Å². The molecule has 10 heavy (non-hydrogen) atoms. The van der Waals surface area contributed by atoms with Crippen LogP contribution in [-0.2, 0) is 4.79 Å². The Hall–Kier alpha value is -0.100. The van der Waals surface area contributed by atoms with Gasteiger partial charge in [-0.25, -0.2) is 0 Å². The summed E-state index contributed by atoms with van der Waals surface area (Å²) in [4.78, 5) is 10.4. The summed E-state index contributed by atoms with van der Waals surface area (Å²) in [6, 6.07) is 0. The first-order chi connectivity index (χ1) is 4.70. The molecule has 60 valence electrons. The maximum absolute atomic E-state index is 10.4. The summed E-state index contributed by atoms with van der Waals surface area (Å²) in [5, 5.41) is 0. The zero-order valence-corrected chi connectivity index (χ0v) is 7.66.